The molecule has 0 bridgehead atoms. The highest BCUT2D eigenvalue weighted by atomic mass is 32.2. The van der Waals surface area contributed by atoms with E-state index in [4.69, 9.17) is 0 Å². The van der Waals surface area contributed by atoms with Crippen LogP contribution in [0.4, 0.5) is 0 Å². The minimum Gasteiger partial charge on any atom is -0.360 e. The summed E-state index contributed by atoms with van der Waals surface area (Å²) in [6.45, 7) is 0.701. The van der Waals surface area contributed by atoms with E-state index in [0.717, 1.165) is 53.1 Å². The number of carbonyl (C=O) groups is 1. The van der Waals surface area contributed by atoms with Gasteiger partial charge in [-0.1, -0.05) is 66.7 Å². The van der Waals surface area contributed by atoms with Gasteiger partial charge in [0.05, 0.1) is 5.75 Å². The Labute approximate surface area is 197 Å². The topological polar surface area (TPSA) is 75.6 Å². The zero-order valence-electron chi connectivity index (χ0n) is 18.5. The van der Waals surface area contributed by atoms with E-state index in [1.807, 2.05) is 24.4 Å². The number of amides is 1. The van der Waals surface area contributed by atoms with Gasteiger partial charge in [0.2, 0.25) is 5.91 Å². The highest BCUT2D eigenvalue weighted by molar-refractivity contribution is 7.99. The van der Waals surface area contributed by atoms with Gasteiger partial charge in [-0.25, -0.2) is 0 Å². The standard InChI is InChI=1S/C26H27N5OS/c32-23(28-17-26(13-6-14-26)18-7-2-1-3-8-18)16-33-25-30-29-24(31(25)19-11-12-19)21-15-27-22-10-5-4-9-20(21)22/h1-5,7-10,15,19,27H,6,11-14,16-17H2,(H,28,32). The number of aromatic amines is 1. The van der Waals surface area contributed by atoms with E-state index < -0.39 is 0 Å². The number of benzene rings is 2. The summed E-state index contributed by atoms with van der Waals surface area (Å²) in [5.74, 6) is 1.29. The molecule has 0 unspecified atom stereocenters. The van der Waals surface area contributed by atoms with Gasteiger partial charge < -0.3 is 10.3 Å². The Balaban J connectivity index is 1.15. The molecule has 0 radical (unpaired) electrons. The summed E-state index contributed by atoms with van der Waals surface area (Å²) in [6.07, 6.45) is 7.76. The molecular weight excluding hydrogens is 430 g/mol. The zero-order valence-corrected chi connectivity index (χ0v) is 19.3. The molecular formula is C26H27N5OS. The van der Waals surface area contributed by atoms with Crippen LogP contribution in [0.5, 0.6) is 0 Å². The van der Waals surface area contributed by atoms with Crippen LogP contribution >= 0.6 is 11.8 Å². The number of para-hydroxylation sites is 1. The van der Waals surface area contributed by atoms with Gasteiger partial charge in [-0.2, -0.15) is 0 Å². The van der Waals surface area contributed by atoms with E-state index in [0.29, 0.717) is 18.3 Å². The van der Waals surface area contributed by atoms with E-state index in [9.17, 15) is 4.79 Å². The molecule has 2 aromatic carbocycles. The summed E-state index contributed by atoms with van der Waals surface area (Å²) in [4.78, 5) is 16.1. The molecule has 2 aromatic heterocycles. The summed E-state index contributed by atoms with van der Waals surface area (Å²) in [5, 5.41) is 14.2. The second-order valence-corrected chi connectivity index (χ2v) is 10.2. The lowest BCUT2D eigenvalue weighted by Gasteiger charge is -2.42. The Morgan fingerprint density at radius 2 is 1.88 bits per heavy atom. The maximum Gasteiger partial charge on any atom is 0.230 e. The van der Waals surface area contributed by atoms with Crippen molar-refractivity contribution in [3.05, 3.63) is 66.4 Å². The molecule has 6 nitrogen and oxygen atoms in total. The number of H-pyrrole nitrogens is 1. The number of rotatable bonds is 8. The molecule has 7 heteroatoms. The van der Waals surface area contributed by atoms with Crippen molar-refractivity contribution in [3.63, 3.8) is 0 Å². The molecule has 0 saturated heterocycles. The van der Waals surface area contributed by atoms with E-state index >= 15 is 0 Å². The van der Waals surface area contributed by atoms with Crippen molar-refractivity contribution in [1.82, 2.24) is 25.1 Å². The van der Waals surface area contributed by atoms with Gasteiger partial charge >= 0.3 is 0 Å². The SMILES string of the molecule is O=C(CSc1nnc(-c2c[nH]c3ccccc23)n1C1CC1)NCC1(c2ccccc2)CCC1. The van der Waals surface area contributed by atoms with Crippen molar-refractivity contribution in [2.45, 2.75) is 48.7 Å². The maximum atomic E-state index is 12.7. The molecule has 0 spiro atoms. The van der Waals surface area contributed by atoms with Crippen LogP contribution in [0.3, 0.4) is 0 Å². The fourth-order valence-corrected chi connectivity index (χ4v) is 5.72. The molecule has 2 heterocycles. The second-order valence-electron chi connectivity index (χ2n) is 9.22. The average molecular weight is 458 g/mol. The zero-order chi connectivity index (χ0) is 22.3. The number of thioether (sulfide) groups is 1. The van der Waals surface area contributed by atoms with Crippen LogP contribution in [0.1, 0.15) is 43.7 Å². The van der Waals surface area contributed by atoms with E-state index in [-0.39, 0.29) is 11.3 Å². The summed E-state index contributed by atoms with van der Waals surface area (Å²) in [6, 6.07) is 19.3. The van der Waals surface area contributed by atoms with Crippen LogP contribution in [-0.2, 0) is 10.2 Å². The van der Waals surface area contributed by atoms with Crippen molar-refractivity contribution in [2.24, 2.45) is 0 Å². The monoisotopic (exact) mass is 457 g/mol. The quantitative estimate of drug-likeness (QED) is 0.361. The number of carbonyl (C=O) groups excluding carboxylic acids is 1. The summed E-state index contributed by atoms with van der Waals surface area (Å²) in [5.41, 5.74) is 3.59. The molecule has 168 valence electrons. The van der Waals surface area contributed by atoms with Crippen molar-refractivity contribution in [3.8, 4) is 11.4 Å². The Morgan fingerprint density at radius 1 is 1.09 bits per heavy atom. The first-order valence-electron chi connectivity index (χ1n) is 11.7. The molecule has 0 atom stereocenters. The van der Waals surface area contributed by atoms with Crippen molar-refractivity contribution >= 4 is 28.6 Å². The van der Waals surface area contributed by atoms with E-state index in [2.05, 4.69) is 61.5 Å². The van der Waals surface area contributed by atoms with Gasteiger partial charge in [0, 0.05) is 40.7 Å². The lowest BCUT2D eigenvalue weighted by Crippen LogP contribution is -2.46. The van der Waals surface area contributed by atoms with Gasteiger partial charge in [0.15, 0.2) is 11.0 Å². The molecule has 2 fully saturated rings. The molecule has 2 saturated carbocycles. The van der Waals surface area contributed by atoms with Crippen LogP contribution in [0.25, 0.3) is 22.3 Å². The van der Waals surface area contributed by atoms with Gasteiger partial charge in [-0.05, 0) is 37.3 Å². The highest BCUT2D eigenvalue weighted by Gasteiger charge is 2.38. The third kappa shape index (κ3) is 3.84. The van der Waals surface area contributed by atoms with Gasteiger partial charge in [0.25, 0.3) is 0 Å². The Kier molecular flexibility index (Phi) is 5.21. The molecule has 4 aromatic rings. The third-order valence-electron chi connectivity index (χ3n) is 7.06. The first kappa shape index (κ1) is 20.5. The summed E-state index contributed by atoms with van der Waals surface area (Å²) >= 11 is 1.49. The number of aromatic nitrogens is 4. The van der Waals surface area contributed by atoms with Crippen LogP contribution in [-0.4, -0.2) is 38.0 Å². The molecule has 1 amide bonds. The second kappa shape index (κ2) is 8.37. The number of nitrogens with one attached hydrogen (secondary N) is 2. The van der Waals surface area contributed by atoms with E-state index in [1.54, 1.807) is 0 Å². The molecule has 6 rings (SSSR count). The Bertz CT molecular complexity index is 1290. The molecule has 2 aliphatic rings. The Hall–Kier alpha value is -3.06. The van der Waals surface area contributed by atoms with Crippen molar-refractivity contribution < 1.29 is 4.79 Å². The third-order valence-corrected chi connectivity index (χ3v) is 8.00. The summed E-state index contributed by atoms with van der Waals surface area (Å²) < 4.78 is 2.23. The lowest BCUT2D eigenvalue weighted by molar-refractivity contribution is -0.119. The van der Waals surface area contributed by atoms with Gasteiger partial charge in [-0.15, -0.1) is 10.2 Å². The molecule has 0 aliphatic heterocycles. The minimum absolute atomic E-state index is 0.0567. The minimum atomic E-state index is 0.0567. The molecule has 2 aliphatic carbocycles. The predicted molar refractivity (Wildman–Crippen MR) is 131 cm³/mol. The first-order chi connectivity index (χ1) is 16.2. The fraction of sp³-hybridized carbons (Fsp3) is 0.346. The smallest absolute Gasteiger partial charge is 0.230 e. The van der Waals surface area contributed by atoms with Crippen LogP contribution in [0.2, 0.25) is 0 Å². The molecule has 2 N–H and O–H groups in total. The Morgan fingerprint density at radius 3 is 2.64 bits per heavy atom. The maximum absolute atomic E-state index is 12.7. The van der Waals surface area contributed by atoms with Crippen molar-refractivity contribution in [1.29, 1.82) is 0 Å². The van der Waals surface area contributed by atoms with Crippen LogP contribution in [0.15, 0.2) is 66.0 Å². The van der Waals surface area contributed by atoms with Crippen molar-refractivity contribution in [2.75, 3.05) is 12.3 Å². The number of fused-ring (bicyclic) bond motifs is 1. The average Bonchev–Trinajstić information content (AvgIpc) is 3.43. The van der Waals surface area contributed by atoms with E-state index in [1.165, 1.54) is 23.7 Å². The number of hydrogen-bond donors (Lipinski definition) is 2. The van der Waals surface area contributed by atoms with Gasteiger partial charge in [0.1, 0.15) is 0 Å². The molecule has 33 heavy (non-hydrogen) atoms. The predicted octanol–water partition coefficient (Wildman–Crippen LogP) is 5.09. The normalized spacial score (nSPS) is 17.1. The van der Waals surface area contributed by atoms with Crippen LogP contribution in [0, 0.1) is 0 Å². The lowest BCUT2D eigenvalue weighted by atomic mass is 9.64. The highest BCUT2D eigenvalue weighted by Crippen LogP contribution is 2.44. The summed E-state index contributed by atoms with van der Waals surface area (Å²) in [7, 11) is 0. The largest absolute Gasteiger partial charge is 0.360 e. The van der Waals surface area contributed by atoms with Gasteiger partial charge in [-0.3, -0.25) is 9.36 Å². The number of hydrogen-bond acceptors (Lipinski definition) is 4. The first-order valence-corrected chi connectivity index (χ1v) is 12.7. The van der Waals surface area contributed by atoms with Crippen LogP contribution < -0.4 is 5.32 Å². The number of nitrogens with zero attached hydrogens (tertiary/aromatic N) is 3. The fourth-order valence-electron chi connectivity index (χ4n) is 4.89.